The highest BCUT2D eigenvalue weighted by Gasteiger charge is 2.14. The van der Waals surface area contributed by atoms with E-state index >= 15 is 0 Å². The fourth-order valence-electron chi connectivity index (χ4n) is 0.878. The van der Waals surface area contributed by atoms with Gasteiger partial charge in [-0.15, -0.1) is 0 Å². The van der Waals surface area contributed by atoms with Gasteiger partial charge in [0.1, 0.15) is 0 Å². The monoisotopic (exact) mass is 129 g/mol. The van der Waals surface area contributed by atoms with Crippen LogP contribution in [0.1, 0.15) is 13.3 Å². The van der Waals surface area contributed by atoms with Gasteiger partial charge in [-0.25, -0.2) is 4.99 Å². The van der Waals surface area contributed by atoms with Gasteiger partial charge in [0.2, 0.25) is 0 Å². The van der Waals surface area contributed by atoms with E-state index in [4.69, 9.17) is 10.8 Å². The van der Waals surface area contributed by atoms with E-state index in [0.717, 1.165) is 0 Å². The molecule has 0 aromatic rings. The van der Waals surface area contributed by atoms with E-state index in [2.05, 4.69) is 10.3 Å². The highest BCUT2D eigenvalue weighted by Crippen LogP contribution is 2.02. The number of hydrogen-bond acceptors (Lipinski definition) is 4. The lowest BCUT2D eigenvalue weighted by Crippen LogP contribution is -2.44. The Labute approximate surface area is 53.8 Å². The Bertz CT molecular complexity index is 134. The summed E-state index contributed by atoms with van der Waals surface area (Å²) < 4.78 is 0. The van der Waals surface area contributed by atoms with Crippen molar-refractivity contribution >= 4 is 5.96 Å². The number of nitrogens with two attached hydrogens (primary N) is 1. The van der Waals surface area contributed by atoms with Crippen LogP contribution in [0.15, 0.2) is 4.99 Å². The van der Waals surface area contributed by atoms with E-state index in [-0.39, 0.29) is 6.04 Å². The molecule has 0 spiro atoms. The van der Waals surface area contributed by atoms with Crippen LogP contribution in [0.5, 0.6) is 0 Å². The third-order valence-corrected chi connectivity index (χ3v) is 1.25. The van der Waals surface area contributed by atoms with Crippen molar-refractivity contribution < 1.29 is 5.11 Å². The molecule has 0 amide bonds. The fourth-order valence-corrected chi connectivity index (χ4v) is 0.878. The van der Waals surface area contributed by atoms with Gasteiger partial charge in [0.05, 0.1) is 0 Å². The van der Waals surface area contributed by atoms with Crippen LogP contribution in [0, 0.1) is 0 Å². The number of aliphatic imine (C=N–C) groups is 1. The summed E-state index contributed by atoms with van der Waals surface area (Å²) >= 11 is 0. The molecule has 0 saturated heterocycles. The third kappa shape index (κ3) is 1.57. The zero-order chi connectivity index (χ0) is 6.85. The van der Waals surface area contributed by atoms with Gasteiger partial charge in [0.25, 0.3) is 0 Å². The lowest BCUT2D eigenvalue weighted by atomic mass is 10.2. The average Bonchev–Trinajstić information content (AvgIpc) is 1.59. The maximum absolute atomic E-state index is 8.94. The predicted molar refractivity (Wildman–Crippen MR) is 34.8 cm³/mol. The summed E-state index contributed by atoms with van der Waals surface area (Å²) in [5, 5.41) is 11.8. The quantitative estimate of drug-likeness (QED) is 0.393. The van der Waals surface area contributed by atoms with E-state index in [9.17, 15) is 0 Å². The van der Waals surface area contributed by atoms with Gasteiger partial charge < -0.3 is 16.2 Å². The standard InChI is InChI=1S/C5H11N3O/c1-3-2-4(9)8-5(6)7-3/h3-4,9H,2H2,1H3,(H3,6,7,8)/t3-,4-/m1/s1. The fraction of sp³-hybridized carbons (Fsp3) is 0.800. The van der Waals surface area contributed by atoms with Crippen molar-refractivity contribution in [1.82, 2.24) is 5.32 Å². The molecule has 1 aliphatic heterocycles. The molecule has 1 aliphatic rings. The predicted octanol–water partition coefficient (Wildman–Crippen LogP) is -0.999. The Morgan fingerprint density at radius 1 is 1.89 bits per heavy atom. The Kier molecular flexibility index (Phi) is 1.57. The Morgan fingerprint density at radius 3 is 3.00 bits per heavy atom. The van der Waals surface area contributed by atoms with Crippen LogP contribution in [-0.2, 0) is 0 Å². The lowest BCUT2D eigenvalue weighted by molar-refractivity contribution is 0.156. The van der Waals surface area contributed by atoms with Crippen LogP contribution in [-0.4, -0.2) is 23.3 Å². The molecule has 4 nitrogen and oxygen atoms in total. The number of nitrogens with one attached hydrogen (secondary N) is 1. The van der Waals surface area contributed by atoms with Crippen LogP contribution < -0.4 is 11.1 Å². The summed E-state index contributed by atoms with van der Waals surface area (Å²) in [5.74, 6) is 0.334. The van der Waals surface area contributed by atoms with Crippen molar-refractivity contribution in [2.75, 3.05) is 0 Å². The van der Waals surface area contributed by atoms with Crippen molar-refractivity contribution in [2.45, 2.75) is 25.6 Å². The number of aliphatic hydroxyl groups is 1. The van der Waals surface area contributed by atoms with Crippen molar-refractivity contribution in [3.63, 3.8) is 0 Å². The molecule has 9 heavy (non-hydrogen) atoms. The summed E-state index contributed by atoms with van der Waals surface area (Å²) in [5.41, 5.74) is 5.29. The number of hydrogen-bond donors (Lipinski definition) is 3. The SMILES string of the molecule is C[C@@H]1C[C@@H](O)N=C(N)N1. The maximum Gasteiger partial charge on any atom is 0.191 e. The first-order chi connectivity index (χ1) is 4.18. The molecule has 0 aromatic heterocycles. The Hall–Kier alpha value is -0.770. The molecular weight excluding hydrogens is 118 g/mol. The second-order valence-corrected chi connectivity index (χ2v) is 2.28. The number of rotatable bonds is 0. The number of nitrogens with zero attached hydrogens (tertiary/aromatic N) is 1. The molecule has 0 saturated carbocycles. The second-order valence-electron chi connectivity index (χ2n) is 2.28. The summed E-state index contributed by atoms with van der Waals surface area (Å²) in [4.78, 5) is 3.67. The molecule has 4 heteroatoms. The smallest absolute Gasteiger partial charge is 0.191 e. The first-order valence-electron chi connectivity index (χ1n) is 2.96. The van der Waals surface area contributed by atoms with Crippen LogP contribution >= 0.6 is 0 Å². The topological polar surface area (TPSA) is 70.6 Å². The van der Waals surface area contributed by atoms with Crippen molar-refractivity contribution in [3.8, 4) is 0 Å². The van der Waals surface area contributed by atoms with Gasteiger partial charge in [-0.05, 0) is 6.92 Å². The maximum atomic E-state index is 8.94. The highest BCUT2D eigenvalue weighted by atomic mass is 16.3. The number of guanidine groups is 1. The highest BCUT2D eigenvalue weighted by molar-refractivity contribution is 5.78. The Balaban J connectivity index is 2.56. The molecule has 0 aliphatic carbocycles. The van der Waals surface area contributed by atoms with Crippen molar-refractivity contribution in [1.29, 1.82) is 0 Å². The van der Waals surface area contributed by atoms with E-state index in [1.54, 1.807) is 0 Å². The molecule has 0 fully saturated rings. The zero-order valence-electron chi connectivity index (χ0n) is 5.33. The lowest BCUT2D eigenvalue weighted by Gasteiger charge is -2.21. The second kappa shape index (κ2) is 2.23. The molecule has 0 radical (unpaired) electrons. The van der Waals surface area contributed by atoms with Crippen LogP contribution in [0.25, 0.3) is 0 Å². The molecule has 52 valence electrons. The molecule has 1 heterocycles. The minimum atomic E-state index is -0.610. The molecular formula is C5H11N3O. The normalized spacial score (nSPS) is 35.1. The molecule has 0 aromatic carbocycles. The molecule has 0 bridgehead atoms. The van der Waals surface area contributed by atoms with Crippen LogP contribution in [0.3, 0.4) is 0 Å². The minimum absolute atomic E-state index is 0.234. The van der Waals surface area contributed by atoms with E-state index in [1.165, 1.54) is 0 Å². The molecule has 1 rings (SSSR count). The van der Waals surface area contributed by atoms with Crippen molar-refractivity contribution in [2.24, 2.45) is 10.7 Å². The average molecular weight is 129 g/mol. The van der Waals surface area contributed by atoms with E-state index < -0.39 is 6.23 Å². The first-order valence-corrected chi connectivity index (χ1v) is 2.96. The molecule has 4 N–H and O–H groups in total. The summed E-state index contributed by atoms with van der Waals surface area (Å²) in [7, 11) is 0. The Morgan fingerprint density at radius 2 is 2.56 bits per heavy atom. The summed E-state index contributed by atoms with van der Waals surface area (Å²) in [6.45, 7) is 1.95. The van der Waals surface area contributed by atoms with Gasteiger partial charge in [0.15, 0.2) is 12.2 Å². The van der Waals surface area contributed by atoms with E-state index in [1.807, 2.05) is 6.92 Å². The van der Waals surface area contributed by atoms with Gasteiger partial charge in [-0.3, -0.25) is 0 Å². The van der Waals surface area contributed by atoms with E-state index in [0.29, 0.717) is 12.4 Å². The van der Waals surface area contributed by atoms with Crippen LogP contribution in [0.2, 0.25) is 0 Å². The third-order valence-electron chi connectivity index (χ3n) is 1.25. The summed E-state index contributed by atoms with van der Waals surface area (Å²) in [6, 6.07) is 0.234. The van der Waals surface area contributed by atoms with Gasteiger partial charge in [-0.1, -0.05) is 0 Å². The minimum Gasteiger partial charge on any atom is -0.372 e. The van der Waals surface area contributed by atoms with Crippen molar-refractivity contribution in [3.05, 3.63) is 0 Å². The first kappa shape index (κ1) is 6.35. The van der Waals surface area contributed by atoms with Gasteiger partial charge in [0, 0.05) is 12.5 Å². The molecule has 2 atom stereocenters. The van der Waals surface area contributed by atoms with Gasteiger partial charge in [-0.2, -0.15) is 0 Å². The molecule has 0 unspecified atom stereocenters. The largest absolute Gasteiger partial charge is 0.372 e. The van der Waals surface area contributed by atoms with Gasteiger partial charge >= 0.3 is 0 Å². The summed E-state index contributed by atoms with van der Waals surface area (Å²) in [6.07, 6.45) is 0.0296. The number of aliphatic hydroxyl groups excluding tert-OH is 1. The zero-order valence-corrected chi connectivity index (χ0v) is 5.33. The van der Waals surface area contributed by atoms with Crippen LogP contribution in [0.4, 0.5) is 0 Å².